The van der Waals surface area contributed by atoms with Crippen LogP contribution in [0.1, 0.15) is 24.3 Å². The maximum Gasteiger partial charge on any atom is 0.242 e. The number of rotatable bonds is 3. The van der Waals surface area contributed by atoms with Crippen LogP contribution in [-0.4, -0.2) is 17.5 Å². The second-order valence-electron chi connectivity index (χ2n) is 6.02. The Morgan fingerprint density at radius 2 is 1.52 bits per heavy atom. The molecule has 1 fully saturated rings. The van der Waals surface area contributed by atoms with Gasteiger partial charge in [0.1, 0.15) is 5.82 Å². The highest BCUT2D eigenvalue weighted by atomic mass is 35.5. The highest BCUT2D eigenvalue weighted by Gasteiger charge is 2.40. The van der Waals surface area contributed by atoms with Crippen LogP contribution in [0.4, 0.5) is 10.1 Å². The Kier molecular flexibility index (Phi) is 4.95. The maximum absolute atomic E-state index is 12.9. The summed E-state index contributed by atoms with van der Waals surface area (Å²) in [5, 5.41) is 3.07. The van der Waals surface area contributed by atoms with Crippen LogP contribution < -0.4 is 5.32 Å². The summed E-state index contributed by atoms with van der Waals surface area (Å²) < 4.78 is 12.9. The molecule has 2 aromatic rings. The number of nitrogens with one attached hydrogen (secondary N) is 1. The number of amides is 1. The summed E-state index contributed by atoms with van der Waals surface area (Å²) in [5.41, 5.74) is 1.19. The van der Waals surface area contributed by atoms with Crippen molar-refractivity contribution in [1.29, 1.82) is 0 Å². The number of hydrogen-bond acceptors (Lipinski definition) is 3. The van der Waals surface area contributed by atoms with Gasteiger partial charge in [-0.3, -0.25) is 14.4 Å². The Balaban J connectivity index is 1.71. The van der Waals surface area contributed by atoms with Crippen molar-refractivity contribution in [3.8, 4) is 0 Å². The zero-order valence-electron chi connectivity index (χ0n) is 13.2. The molecule has 0 spiro atoms. The largest absolute Gasteiger partial charge is 0.325 e. The minimum Gasteiger partial charge on any atom is -0.325 e. The topological polar surface area (TPSA) is 63.2 Å². The van der Waals surface area contributed by atoms with E-state index in [2.05, 4.69) is 5.32 Å². The molecule has 0 saturated heterocycles. The molecule has 128 valence electrons. The van der Waals surface area contributed by atoms with Crippen molar-refractivity contribution < 1.29 is 18.8 Å². The number of anilines is 1. The monoisotopic (exact) mass is 359 g/mol. The van der Waals surface area contributed by atoms with Gasteiger partial charge in [0.25, 0.3) is 0 Å². The molecular weight excluding hydrogens is 345 g/mol. The predicted molar refractivity (Wildman–Crippen MR) is 92.0 cm³/mol. The van der Waals surface area contributed by atoms with Crippen molar-refractivity contribution in [1.82, 2.24) is 0 Å². The van der Waals surface area contributed by atoms with Crippen molar-refractivity contribution in [3.63, 3.8) is 0 Å². The number of halogens is 2. The van der Waals surface area contributed by atoms with Crippen molar-refractivity contribution in [2.24, 2.45) is 5.92 Å². The van der Waals surface area contributed by atoms with E-state index >= 15 is 0 Å². The highest BCUT2D eigenvalue weighted by Crippen LogP contribution is 2.32. The second kappa shape index (κ2) is 7.15. The van der Waals surface area contributed by atoms with Crippen LogP contribution in [0.25, 0.3) is 0 Å². The fourth-order valence-corrected chi connectivity index (χ4v) is 3.11. The number of ketones is 2. The van der Waals surface area contributed by atoms with Crippen molar-refractivity contribution in [3.05, 3.63) is 64.9 Å². The fraction of sp³-hybridized carbons (Fsp3) is 0.211. The maximum atomic E-state index is 12.9. The zero-order chi connectivity index (χ0) is 18.0. The molecule has 0 heterocycles. The lowest BCUT2D eigenvalue weighted by Gasteiger charge is -2.26. The molecule has 0 aromatic heterocycles. The number of benzene rings is 2. The standard InChI is InChI=1S/C19H15ClFNO3/c20-13-3-1-11(2-4-13)12-9-16(23)18(17(24)10-12)19(25)22-15-7-5-14(21)6-8-15/h1-8,12,18H,9-10H2,(H,22,25). The minimum absolute atomic E-state index is 0.120. The zero-order valence-corrected chi connectivity index (χ0v) is 13.9. The number of carbonyl (C=O) groups excluding carboxylic acids is 3. The molecule has 3 rings (SSSR count). The summed E-state index contributed by atoms with van der Waals surface area (Å²) >= 11 is 5.85. The first kappa shape index (κ1) is 17.3. The molecule has 0 bridgehead atoms. The first-order valence-electron chi connectivity index (χ1n) is 7.81. The van der Waals surface area contributed by atoms with Gasteiger partial charge in [-0.1, -0.05) is 23.7 Å². The van der Waals surface area contributed by atoms with Gasteiger partial charge < -0.3 is 5.32 Å². The Bertz CT molecular complexity index is 800. The van der Waals surface area contributed by atoms with Crippen LogP contribution in [0.5, 0.6) is 0 Å². The highest BCUT2D eigenvalue weighted by molar-refractivity contribution is 6.30. The normalized spacial score (nSPS) is 20.4. The van der Waals surface area contributed by atoms with Crippen LogP contribution in [0.15, 0.2) is 48.5 Å². The molecule has 0 unspecified atom stereocenters. The van der Waals surface area contributed by atoms with Gasteiger partial charge in [0.15, 0.2) is 17.5 Å². The van der Waals surface area contributed by atoms with E-state index in [-0.39, 0.29) is 18.8 Å². The third kappa shape index (κ3) is 3.94. The van der Waals surface area contributed by atoms with Crippen LogP contribution in [-0.2, 0) is 14.4 Å². The predicted octanol–water partition coefficient (Wildman–Crippen LogP) is 3.75. The lowest BCUT2D eigenvalue weighted by atomic mass is 9.76. The third-order valence-corrected chi connectivity index (χ3v) is 4.51. The second-order valence-corrected chi connectivity index (χ2v) is 6.45. The third-order valence-electron chi connectivity index (χ3n) is 4.25. The van der Waals surface area contributed by atoms with Gasteiger partial charge >= 0.3 is 0 Å². The first-order chi connectivity index (χ1) is 11.9. The molecule has 2 aromatic carbocycles. The van der Waals surface area contributed by atoms with E-state index in [9.17, 15) is 18.8 Å². The Morgan fingerprint density at radius 1 is 0.960 bits per heavy atom. The van der Waals surface area contributed by atoms with Crippen molar-refractivity contribution in [2.45, 2.75) is 18.8 Å². The van der Waals surface area contributed by atoms with Gasteiger partial charge in [-0.2, -0.15) is 0 Å². The van der Waals surface area contributed by atoms with Crippen molar-refractivity contribution >= 4 is 34.8 Å². The molecule has 4 nitrogen and oxygen atoms in total. The van der Waals surface area contributed by atoms with Crippen molar-refractivity contribution in [2.75, 3.05) is 5.32 Å². The lowest BCUT2D eigenvalue weighted by molar-refractivity contribution is -0.141. The van der Waals surface area contributed by atoms with Gasteiger partial charge in [0, 0.05) is 23.6 Å². The number of carbonyl (C=O) groups is 3. The minimum atomic E-state index is -1.31. The molecular formula is C19H15ClFNO3. The molecule has 1 N–H and O–H groups in total. The number of Topliss-reactive ketones (excluding diaryl/α,β-unsaturated/α-hetero) is 2. The summed E-state index contributed by atoms with van der Waals surface area (Å²) in [4.78, 5) is 37.0. The Labute approximate surface area is 149 Å². The van der Waals surface area contributed by atoms with Crippen LogP contribution in [0.3, 0.4) is 0 Å². The SMILES string of the molecule is O=C1CC(c2ccc(Cl)cc2)CC(=O)C1C(=O)Nc1ccc(F)cc1. The molecule has 25 heavy (non-hydrogen) atoms. The quantitative estimate of drug-likeness (QED) is 0.849. The van der Waals surface area contributed by atoms with Crippen LogP contribution >= 0.6 is 11.6 Å². The van der Waals surface area contributed by atoms with Crippen LogP contribution in [0.2, 0.25) is 5.02 Å². The van der Waals surface area contributed by atoms with Gasteiger partial charge in [0.05, 0.1) is 0 Å². The van der Waals surface area contributed by atoms with E-state index in [4.69, 9.17) is 11.6 Å². The summed E-state index contributed by atoms with van der Waals surface area (Å²) in [6.07, 6.45) is 0.240. The molecule has 0 radical (unpaired) electrons. The lowest BCUT2D eigenvalue weighted by Crippen LogP contribution is -2.40. The van der Waals surface area contributed by atoms with Gasteiger partial charge in [-0.25, -0.2) is 4.39 Å². The summed E-state index contributed by atoms with van der Waals surface area (Å²) in [5.74, 6) is -3.47. The molecule has 1 amide bonds. The molecule has 1 saturated carbocycles. The average molecular weight is 360 g/mol. The average Bonchev–Trinajstić information content (AvgIpc) is 2.57. The molecule has 0 aliphatic heterocycles. The van der Waals surface area contributed by atoms with Gasteiger partial charge in [-0.15, -0.1) is 0 Å². The van der Waals surface area contributed by atoms with E-state index in [1.54, 1.807) is 24.3 Å². The first-order valence-corrected chi connectivity index (χ1v) is 8.19. The van der Waals surface area contributed by atoms with E-state index in [1.165, 1.54) is 24.3 Å². The fourth-order valence-electron chi connectivity index (χ4n) is 2.98. The Morgan fingerprint density at radius 3 is 2.08 bits per heavy atom. The molecule has 1 aliphatic rings. The van der Waals surface area contributed by atoms with E-state index < -0.39 is 29.2 Å². The molecule has 1 aliphatic carbocycles. The van der Waals surface area contributed by atoms with E-state index in [1.807, 2.05) is 0 Å². The smallest absolute Gasteiger partial charge is 0.242 e. The summed E-state index contributed by atoms with van der Waals surface area (Å²) in [7, 11) is 0. The summed E-state index contributed by atoms with van der Waals surface area (Å²) in [6, 6.07) is 12.1. The van der Waals surface area contributed by atoms with Gasteiger partial charge in [0.2, 0.25) is 5.91 Å². The van der Waals surface area contributed by atoms with E-state index in [0.717, 1.165) is 5.56 Å². The van der Waals surface area contributed by atoms with Crippen LogP contribution in [0, 0.1) is 11.7 Å². The molecule has 6 heteroatoms. The Hall–Kier alpha value is -2.53. The number of hydrogen-bond donors (Lipinski definition) is 1. The molecule has 0 atom stereocenters. The van der Waals surface area contributed by atoms with Gasteiger partial charge in [-0.05, 0) is 47.9 Å². The summed E-state index contributed by atoms with van der Waals surface area (Å²) in [6.45, 7) is 0. The van der Waals surface area contributed by atoms with E-state index in [0.29, 0.717) is 10.7 Å².